The van der Waals surface area contributed by atoms with Crippen LogP contribution in [0.1, 0.15) is 6.92 Å². The first kappa shape index (κ1) is 16.0. The molecule has 1 aromatic heterocycles. The molecule has 0 unspecified atom stereocenters. The molecule has 1 saturated heterocycles. The molecule has 0 radical (unpaired) electrons. The van der Waals surface area contributed by atoms with Crippen LogP contribution in [0, 0.1) is 5.82 Å². The van der Waals surface area contributed by atoms with E-state index in [-0.39, 0.29) is 5.82 Å². The third kappa shape index (κ3) is 3.07. The summed E-state index contributed by atoms with van der Waals surface area (Å²) >= 11 is 0. The molecular formula is C20H22FN4+. The van der Waals surface area contributed by atoms with Gasteiger partial charge in [0.05, 0.1) is 32.7 Å². The van der Waals surface area contributed by atoms with E-state index in [1.54, 1.807) is 17.0 Å². The average Bonchev–Trinajstić information content (AvgIpc) is 2.68. The SMILES string of the molecule is CC[NH+]1CCN(c2nnc(-c3ccc(F)cc3)c3ccccc23)CC1. The molecule has 2 heterocycles. The third-order valence-corrected chi connectivity index (χ3v) is 5.06. The molecule has 128 valence electrons. The zero-order valence-electron chi connectivity index (χ0n) is 14.4. The molecule has 0 spiro atoms. The number of hydrogen-bond acceptors (Lipinski definition) is 3. The second-order valence-electron chi connectivity index (χ2n) is 6.52. The summed E-state index contributed by atoms with van der Waals surface area (Å²) in [5.41, 5.74) is 1.69. The zero-order valence-corrected chi connectivity index (χ0v) is 14.4. The van der Waals surface area contributed by atoms with Gasteiger partial charge in [-0.3, -0.25) is 0 Å². The summed E-state index contributed by atoms with van der Waals surface area (Å²) in [5.74, 6) is 0.713. The highest BCUT2D eigenvalue weighted by Crippen LogP contribution is 2.31. The number of quaternary nitrogens is 1. The lowest BCUT2D eigenvalue weighted by Gasteiger charge is -2.32. The van der Waals surface area contributed by atoms with Crippen molar-refractivity contribution in [3.8, 4) is 11.3 Å². The molecule has 1 aliphatic heterocycles. The fourth-order valence-corrected chi connectivity index (χ4v) is 3.53. The Labute approximate surface area is 146 Å². The Hall–Kier alpha value is -2.53. The van der Waals surface area contributed by atoms with Gasteiger partial charge in [-0.15, -0.1) is 10.2 Å². The van der Waals surface area contributed by atoms with E-state index in [9.17, 15) is 4.39 Å². The maximum absolute atomic E-state index is 13.2. The molecule has 1 N–H and O–H groups in total. The van der Waals surface area contributed by atoms with E-state index in [1.165, 1.54) is 18.7 Å². The number of halogens is 1. The normalized spacial score (nSPS) is 15.7. The monoisotopic (exact) mass is 337 g/mol. The Morgan fingerprint density at radius 3 is 2.32 bits per heavy atom. The Bertz CT molecular complexity index is 871. The molecule has 0 aliphatic carbocycles. The van der Waals surface area contributed by atoms with Crippen LogP contribution in [-0.2, 0) is 0 Å². The van der Waals surface area contributed by atoms with Crippen LogP contribution in [0.3, 0.4) is 0 Å². The highest BCUT2D eigenvalue weighted by atomic mass is 19.1. The van der Waals surface area contributed by atoms with Crippen molar-refractivity contribution in [2.45, 2.75) is 6.92 Å². The fraction of sp³-hybridized carbons (Fsp3) is 0.300. The molecular weight excluding hydrogens is 315 g/mol. The van der Waals surface area contributed by atoms with Gasteiger partial charge in [-0.05, 0) is 31.2 Å². The van der Waals surface area contributed by atoms with Crippen LogP contribution in [0.25, 0.3) is 22.0 Å². The van der Waals surface area contributed by atoms with Crippen LogP contribution in [0.5, 0.6) is 0 Å². The molecule has 1 aliphatic rings. The van der Waals surface area contributed by atoms with Crippen LogP contribution < -0.4 is 9.80 Å². The van der Waals surface area contributed by atoms with Gasteiger partial charge in [0.1, 0.15) is 11.5 Å². The lowest BCUT2D eigenvalue weighted by atomic mass is 10.0. The van der Waals surface area contributed by atoms with E-state index in [1.807, 2.05) is 12.1 Å². The second kappa shape index (κ2) is 6.76. The molecule has 5 heteroatoms. The van der Waals surface area contributed by atoms with Crippen LogP contribution in [-0.4, -0.2) is 42.9 Å². The molecule has 0 saturated carbocycles. The van der Waals surface area contributed by atoms with Gasteiger partial charge in [-0.25, -0.2) is 4.39 Å². The van der Waals surface area contributed by atoms with Gasteiger partial charge in [-0.1, -0.05) is 24.3 Å². The van der Waals surface area contributed by atoms with Gasteiger partial charge in [0.25, 0.3) is 0 Å². The van der Waals surface area contributed by atoms with Crippen LogP contribution >= 0.6 is 0 Å². The van der Waals surface area contributed by atoms with Crippen molar-refractivity contribution < 1.29 is 9.29 Å². The highest BCUT2D eigenvalue weighted by Gasteiger charge is 2.22. The highest BCUT2D eigenvalue weighted by molar-refractivity contribution is 6.00. The summed E-state index contributed by atoms with van der Waals surface area (Å²) in [6.45, 7) is 7.66. The number of rotatable bonds is 3. The van der Waals surface area contributed by atoms with Crippen molar-refractivity contribution >= 4 is 16.6 Å². The number of piperazine rings is 1. The summed E-state index contributed by atoms with van der Waals surface area (Å²) in [6, 6.07) is 14.7. The Balaban J connectivity index is 1.76. The number of nitrogens with zero attached hydrogens (tertiary/aromatic N) is 3. The van der Waals surface area contributed by atoms with E-state index in [0.29, 0.717) is 0 Å². The summed E-state index contributed by atoms with van der Waals surface area (Å²) in [7, 11) is 0. The van der Waals surface area contributed by atoms with E-state index in [2.05, 4.69) is 34.2 Å². The van der Waals surface area contributed by atoms with Crippen molar-refractivity contribution in [3.05, 3.63) is 54.3 Å². The Morgan fingerprint density at radius 2 is 1.64 bits per heavy atom. The van der Waals surface area contributed by atoms with Crippen LogP contribution in [0.4, 0.5) is 10.2 Å². The largest absolute Gasteiger partial charge is 0.343 e. The first-order valence-corrected chi connectivity index (χ1v) is 8.86. The predicted molar refractivity (Wildman–Crippen MR) is 98.4 cm³/mol. The topological polar surface area (TPSA) is 33.5 Å². The minimum Gasteiger partial charge on any atom is -0.343 e. The van der Waals surface area contributed by atoms with Gasteiger partial charge < -0.3 is 9.80 Å². The zero-order chi connectivity index (χ0) is 17.2. The number of nitrogens with one attached hydrogen (secondary N) is 1. The lowest BCUT2D eigenvalue weighted by Crippen LogP contribution is -3.14. The number of likely N-dealkylation sites (N-methyl/N-ethyl adjacent to an activating group) is 1. The van der Waals surface area contributed by atoms with Crippen molar-refractivity contribution in [2.75, 3.05) is 37.6 Å². The molecule has 1 fully saturated rings. The van der Waals surface area contributed by atoms with Gasteiger partial charge in [-0.2, -0.15) is 0 Å². The Kier molecular flexibility index (Phi) is 4.32. The molecule has 25 heavy (non-hydrogen) atoms. The summed E-state index contributed by atoms with van der Waals surface area (Å²) in [6.07, 6.45) is 0. The maximum atomic E-state index is 13.2. The van der Waals surface area contributed by atoms with Crippen molar-refractivity contribution in [1.82, 2.24) is 10.2 Å². The van der Waals surface area contributed by atoms with E-state index >= 15 is 0 Å². The van der Waals surface area contributed by atoms with E-state index in [4.69, 9.17) is 0 Å². The molecule has 0 amide bonds. The second-order valence-corrected chi connectivity index (χ2v) is 6.52. The van der Waals surface area contributed by atoms with Crippen LogP contribution in [0.15, 0.2) is 48.5 Å². The number of fused-ring (bicyclic) bond motifs is 1. The van der Waals surface area contributed by atoms with Crippen LogP contribution in [0.2, 0.25) is 0 Å². The first-order chi connectivity index (χ1) is 12.3. The Morgan fingerprint density at radius 1 is 0.960 bits per heavy atom. The standard InChI is InChI=1S/C20H21FN4/c1-2-24-11-13-25(14-12-24)20-18-6-4-3-5-17(18)19(22-23-20)15-7-9-16(21)10-8-15/h3-10H,2,11-14H2,1H3/p+1. The molecule has 0 atom stereocenters. The van der Waals surface area contributed by atoms with Crippen molar-refractivity contribution in [2.24, 2.45) is 0 Å². The molecule has 4 rings (SSSR count). The maximum Gasteiger partial charge on any atom is 0.159 e. The smallest absolute Gasteiger partial charge is 0.159 e. The minimum absolute atomic E-state index is 0.242. The average molecular weight is 337 g/mol. The van der Waals surface area contributed by atoms with Crippen molar-refractivity contribution in [3.63, 3.8) is 0 Å². The lowest BCUT2D eigenvalue weighted by molar-refractivity contribution is -0.898. The fourth-order valence-electron chi connectivity index (χ4n) is 3.53. The van der Waals surface area contributed by atoms with Gasteiger partial charge >= 0.3 is 0 Å². The number of hydrogen-bond donors (Lipinski definition) is 1. The van der Waals surface area contributed by atoms with Crippen molar-refractivity contribution in [1.29, 1.82) is 0 Å². The quantitative estimate of drug-likeness (QED) is 0.795. The minimum atomic E-state index is -0.242. The number of aromatic nitrogens is 2. The third-order valence-electron chi connectivity index (χ3n) is 5.06. The number of benzene rings is 2. The summed E-state index contributed by atoms with van der Waals surface area (Å²) < 4.78 is 13.2. The summed E-state index contributed by atoms with van der Waals surface area (Å²) in [5, 5.41) is 11.2. The molecule has 3 aromatic rings. The van der Waals surface area contributed by atoms with E-state index in [0.717, 1.165) is 54.0 Å². The van der Waals surface area contributed by atoms with E-state index < -0.39 is 0 Å². The van der Waals surface area contributed by atoms with Gasteiger partial charge in [0.15, 0.2) is 5.82 Å². The first-order valence-electron chi connectivity index (χ1n) is 8.86. The van der Waals surface area contributed by atoms with Gasteiger partial charge in [0.2, 0.25) is 0 Å². The van der Waals surface area contributed by atoms with Gasteiger partial charge in [0, 0.05) is 16.3 Å². The predicted octanol–water partition coefficient (Wildman–Crippen LogP) is 2.16. The summed E-state index contributed by atoms with van der Waals surface area (Å²) in [4.78, 5) is 3.97. The molecule has 4 nitrogen and oxygen atoms in total. The molecule has 0 bridgehead atoms. The molecule has 2 aromatic carbocycles. The number of anilines is 1.